The van der Waals surface area contributed by atoms with Gasteiger partial charge in [0.1, 0.15) is 5.25 Å². The Morgan fingerprint density at radius 3 is 2.47 bits per heavy atom. The molecule has 0 spiro atoms. The van der Waals surface area contributed by atoms with Crippen molar-refractivity contribution in [1.29, 1.82) is 0 Å². The van der Waals surface area contributed by atoms with E-state index in [1.54, 1.807) is 0 Å². The van der Waals surface area contributed by atoms with Crippen LogP contribution in [0.1, 0.15) is 21.9 Å². The van der Waals surface area contributed by atoms with Gasteiger partial charge in [0.15, 0.2) is 5.82 Å². The number of nitrogen functional groups attached to an aromatic ring is 1. The molecule has 0 fully saturated rings. The molecule has 2 aromatic carbocycles. The molecule has 1 amide bonds. The predicted molar refractivity (Wildman–Crippen MR) is 123 cm³/mol. The summed E-state index contributed by atoms with van der Waals surface area (Å²) < 4.78 is 1.44. The molecule has 0 aliphatic heterocycles. The number of hydrogen-bond donors (Lipinski definition) is 2. The third-order valence-corrected chi connectivity index (χ3v) is 6.54. The van der Waals surface area contributed by atoms with Crippen molar-refractivity contribution in [2.24, 2.45) is 0 Å². The van der Waals surface area contributed by atoms with Crippen LogP contribution in [0, 0.1) is 13.8 Å². The third-order valence-electron chi connectivity index (χ3n) is 4.46. The van der Waals surface area contributed by atoms with Gasteiger partial charge in [0.05, 0.1) is 4.88 Å². The minimum Gasteiger partial charge on any atom is -0.335 e. The summed E-state index contributed by atoms with van der Waals surface area (Å²) in [6.45, 7) is 4.02. The van der Waals surface area contributed by atoms with Crippen LogP contribution >= 0.6 is 23.1 Å². The zero-order valence-electron chi connectivity index (χ0n) is 16.6. The summed E-state index contributed by atoms with van der Waals surface area (Å²) in [5.41, 5.74) is 3.82. The average Bonchev–Trinajstić information content (AvgIpc) is 3.36. The molecule has 2 aromatic heterocycles. The van der Waals surface area contributed by atoms with E-state index in [9.17, 15) is 4.79 Å². The van der Waals surface area contributed by atoms with E-state index in [-0.39, 0.29) is 5.91 Å². The van der Waals surface area contributed by atoms with Crippen molar-refractivity contribution in [3.05, 3.63) is 82.7 Å². The van der Waals surface area contributed by atoms with Gasteiger partial charge in [-0.05, 0) is 54.1 Å². The molecule has 4 rings (SSSR count). The number of hydrogen-bond acceptors (Lipinski definition) is 6. The summed E-state index contributed by atoms with van der Waals surface area (Å²) in [4.78, 5) is 14.2. The summed E-state index contributed by atoms with van der Waals surface area (Å²) in [7, 11) is 0. The van der Waals surface area contributed by atoms with E-state index in [1.165, 1.54) is 27.8 Å². The summed E-state index contributed by atoms with van der Waals surface area (Å²) >= 11 is 2.82. The van der Waals surface area contributed by atoms with E-state index in [4.69, 9.17) is 5.84 Å². The van der Waals surface area contributed by atoms with Crippen LogP contribution in [0.2, 0.25) is 0 Å². The van der Waals surface area contributed by atoms with Gasteiger partial charge in [-0.25, -0.2) is 4.68 Å². The summed E-state index contributed by atoms with van der Waals surface area (Å²) in [6, 6.07) is 19.5. The van der Waals surface area contributed by atoms with Crippen molar-refractivity contribution < 1.29 is 4.79 Å². The van der Waals surface area contributed by atoms with E-state index in [1.807, 2.05) is 73.8 Å². The minimum atomic E-state index is -0.533. The predicted octanol–water partition coefficient (Wildman–Crippen LogP) is 4.81. The number of aromatic nitrogens is 3. The fourth-order valence-corrected chi connectivity index (χ4v) is 4.86. The highest BCUT2D eigenvalue weighted by Gasteiger charge is 2.26. The second kappa shape index (κ2) is 8.73. The first kappa shape index (κ1) is 20.2. The van der Waals surface area contributed by atoms with Gasteiger partial charge in [0.25, 0.3) is 0 Å². The number of aryl methyl sites for hydroxylation is 2. The number of thioether (sulfide) groups is 1. The van der Waals surface area contributed by atoms with Crippen LogP contribution in [0.4, 0.5) is 5.69 Å². The molecule has 3 N–H and O–H groups in total. The maximum absolute atomic E-state index is 13.3. The van der Waals surface area contributed by atoms with Crippen molar-refractivity contribution >= 4 is 34.7 Å². The largest absolute Gasteiger partial charge is 0.335 e. The standard InChI is InChI=1S/C22H21N5OS2/c1-14-11-15(2)13-17(12-14)24-21(28)19(16-7-4-3-5-8-16)30-22-26-25-20(27(22)23)18-9-6-10-29-18/h3-13,19H,23H2,1-2H3,(H,24,28)/t19-/m1/s1. The quantitative estimate of drug-likeness (QED) is 0.335. The van der Waals surface area contributed by atoms with Crippen molar-refractivity contribution in [1.82, 2.24) is 14.9 Å². The molecule has 0 radical (unpaired) electrons. The number of anilines is 1. The van der Waals surface area contributed by atoms with E-state index >= 15 is 0 Å². The topological polar surface area (TPSA) is 85.8 Å². The molecule has 0 saturated heterocycles. The Kier molecular flexibility index (Phi) is 5.87. The second-order valence-electron chi connectivity index (χ2n) is 6.93. The molecule has 6 nitrogen and oxygen atoms in total. The second-order valence-corrected chi connectivity index (χ2v) is 8.95. The fourth-order valence-electron chi connectivity index (χ4n) is 3.19. The van der Waals surface area contributed by atoms with Crippen LogP contribution in [0.25, 0.3) is 10.7 Å². The Hall–Kier alpha value is -3.10. The van der Waals surface area contributed by atoms with Crippen LogP contribution in [-0.2, 0) is 4.79 Å². The van der Waals surface area contributed by atoms with Crippen molar-refractivity contribution in [3.63, 3.8) is 0 Å². The van der Waals surface area contributed by atoms with E-state index in [2.05, 4.69) is 21.6 Å². The Bertz CT molecular complexity index is 1140. The van der Waals surface area contributed by atoms with Crippen molar-refractivity contribution in [3.8, 4) is 10.7 Å². The molecule has 2 heterocycles. The van der Waals surface area contributed by atoms with Gasteiger partial charge >= 0.3 is 0 Å². The van der Waals surface area contributed by atoms with Gasteiger partial charge in [-0.2, -0.15) is 0 Å². The SMILES string of the molecule is Cc1cc(C)cc(NC(=O)[C@H](Sc2nnc(-c3cccs3)n2N)c2ccccc2)c1. The normalized spacial score (nSPS) is 11.9. The smallest absolute Gasteiger partial charge is 0.242 e. The van der Waals surface area contributed by atoms with Crippen LogP contribution in [0.3, 0.4) is 0 Å². The van der Waals surface area contributed by atoms with Crippen molar-refractivity contribution in [2.45, 2.75) is 24.3 Å². The molecule has 1 atom stereocenters. The van der Waals surface area contributed by atoms with Gasteiger partial charge in [-0.1, -0.05) is 54.2 Å². The average molecular weight is 436 g/mol. The molecule has 30 heavy (non-hydrogen) atoms. The number of thiophene rings is 1. The Balaban J connectivity index is 1.63. The van der Waals surface area contributed by atoms with Gasteiger partial charge in [0, 0.05) is 5.69 Å². The Labute approximate surface area is 183 Å². The molecule has 4 aromatic rings. The number of carbonyl (C=O) groups is 1. The summed E-state index contributed by atoms with van der Waals surface area (Å²) in [6.07, 6.45) is 0. The van der Waals surface area contributed by atoms with Crippen LogP contribution in [0.5, 0.6) is 0 Å². The highest BCUT2D eigenvalue weighted by molar-refractivity contribution is 8.00. The highest BCUT2D eigenvalue weighted by Crippen LogP contribution is 2.36. The minimum absolute atomic E-state index is 0.142. The maximum Gasteiger partial charge on any atom is 0.242 e. The molecular formula is C22H21N5OS2. The third kappa shape index (κ3) is 4.39. The number of nitrogens with two attached hydrogens (primary N) is 1. The Morgan fingerprint density at radius 2 is 1.80 bits per heavy atom. The summed E-state index contributed by atoms with van der Waals surface area (Å²) in [5.74, 6) is 6.70. The first-order valence-electron chi connectivity index (χ1n) is 9.36. The van der Waals surface area contributed by atoms with Crippen LogP contribution in [0.15, 0.2) is 71.2 Å². The van der Waals surface area contributed by atoms with Gasteiger partial charge in [-0.3, -0.25) is 4.79 Å². The van der Waals surface area contributed by atoms with Gasteiger partial charge < -0.3 is 11.2 Å². The fraction of sp³-hybridized carbons (Fsp3) is 0.136. The monoisotopic (exact) mass is 435 g/mol. The zero-order chi connectivity index (χ0) is 21.1. The molecule has 152 valence electrons. The molecule has 0 bridgehead atoms. The number of amides is 1. The number of rotatable bonds is 6. The zero-order valence-corrected chi connectivity index (χ0v) is 18.2. The Morgan fingerprint density at radius 1 is 1.07 bits per heavy atom. The van der Waals surface area contributed by atoms with E-state index < -0.39 is 5.25 Å². The molecule has 0 aliphatic rings. The number of benzene rings is 2. The lowest BCUT2D eigenvalue weighted by atomic mass is 10.1. The lowest BCUT2D eigenvalue weighted by Crippen LogP contribution is -2.20. The van der Waals surface area contributed by atoms with Crippen molar-refractivity contribution in [2.75, 3.05) is 11.2 Å². The van der Waals surface area contributed by atoms with E-state index in [0.717, 1.165) is 27.3 Å². The van der Waals surface area contributed by atoms with E-state index in [0.29, 0.717) is 11.0 Å². The highest BCUT2D eigenvalue weighted by atomic mass is 32.2. The molecule has 0 unspecified atom stereocenters. The number of nitrogens with one attached hydrogen (secondary N) is 1. The first-order valence-corrected chi connectivity index (χ1v) is 11.1. The van der Waals surface area contributed by atoms with Crippen LogP contribution in [-0.4, -0.2) is 20.8 Å². The van der Waals surface area contributed by atoms with Crippen LogP contribution < -0.4 is 11.2 Å². The summed E-state index contributed by atoms with van der Waals surface area (Å²) in [5, 5.41) is 13.4. The number of carbonyl (C=O) groups excluding carboxylic acids is 1. The molecule has 8 heteroatoms. The lowest BCUT2D eigenvalue weighted by Gasteiger charge is -2.17. The molecule has 0 aliphatic carbocycles. The molecular weight excluding hydrogens is 414 g/mol. The lowest BCUT2D eigenvalue weighted by molar-refractivity contribution is -0.115. The van der Waals surface area contributed by atoms with Gasteiger partial charge in [0.2, 0.25) is 11.1 Å². The number of nitrogens with zero attached hydrogens (tertiary/aromatic N) is 3. The maximum atomic E-state index is 13.3. The van der Waals surface area contributed by atoms with Gasteiger partial charge in [-0.15, -0.1) is 21.5 Å². The molecule has 0 saturated carbocycles. The first-order chi connectivity index (χ1) is 14.5.